The Hall–Kier alpha value is -4.92. The van der Waals surface area contributed by atoms with Crippen LogP contribution in [0.3, 0.4) is 0 Å². The van der Waals surface area contributed by atoms with Crippen LogP contribution in [0.4, 0.5) is 0 Å². The lowest BCUT2D eigenvalue weighted by Gasteiger charge is -2.17. The molecular formula is C53H58O8S5. The van der Waals surface area contributed by atoms with Gasteiger partial charge in [-0.3, -0.25) is 9.59 Å². The zero-order valence-corrected chi connectivity index (χ0v) is 44.2. The molecule has 0 aliphatic rings. The number of thiophene rings is 5. The summed E-state index contributed by atoms with van der Waals surface area (Å²) in [6.45, 7) is 25.3. The summed E-state index contributed by atoms with van der Waals surface area (Å²) < 4.78 is 29.9. The van der Waals surface area contributed by atoms with Crippen LogP contribution in [0, 0.1) is 48.5 Å². The molecule has 0 atom stereocenters. The topological polar surface area (TPSA) is 101 Å². The van der Waals surface area contributed by atoms with Gasteiger partial charge in [0.1, 0.15) is 23.0 Å². The van der Waals surface area contributed by atoms with Crippen LogP contribution in [-0.4, -0.2) is 50.1 Å². The molecule has 66 heavy (non-hydrogen) atoms. The molecule has 8 nitrogen and oxygen atoms in total. The molecule has 5 heterocycles. The van der Waals surface area contributed by atoms with Gasteiger partial charge in [-0.25, -0.2) is 0 Å². The Kier molecular flexibility index (Phi) is 14.9. The van der Waals surface area contributed by atoms with Crippen molar-refractivity contribution < 1.29 is 38.4 Å². The standard InChI is InChI=1S/C53H58O8S5/c1-15-59-42(56)23-34-22-40(43-36(57-13)18-16-20-38(43)60-25(2)3)62-52(34)50-31(10)29(8)48(65-50)46-27(6)28(7)47(64-46)49-30(9)32(11)51(66-49)53-35(24-41(54)55)33(12)45(63-53)44-37(58-14)19-17-21-39(44)61-26(4)5/h16-22,25-26H,15,23-24H2,1-14H3,(H,54,55). The van der Waals surface area contributed by atoms with Crippen molar-refractivity contribution in [3.05, 3.63) is 92.5 Å². The zero-order chi connectivity index (χ0) is 47.9. The van der Waals surface area contributed by atoms with Gasteiger partial charge in [-0.05, 0) is 163 Å². The molecule has 0 saturated heterocycles. The van der Waals surface area contributed by atoms with E-state index in [1.807, 2.05) is 89.3 Å². The zero-order valence-electron chi connectivity index (χ0n) is 40.2. The molecule has 0 saturated carbocycles. The number of carboxylic acid groups (broad SMARTS) is 1. The fourth-order valence-corrected chi connectivity index (χ4v) is 15.7. The van der Waals surface area contributed by atoms with E-state index in [9.17, 15) is 14.7 Å². The lowest BCUT2D eigenvalue weighted by atomic mass is 10.00. The van der Waals surface area contributed by atoms with Gasteiger partial charge in [0.2, 0.25) is 0 Å². The highest BCUT2D eigenvalue weighted by molar-refractivity contribution is 7.31. The highest BCUT2D eigenvalue weighted by atomic mass is 32.1. The Balaban J connectivity index is 1.35. The predicted octanol–water partition coefficient (Wildman–Crippen LogP) is 15.5. The summed E-state index contributed by atoms with van der Waals surface area (Å²) >= 11 is 8.60. The minimum Gasteiger partial charge on any atom is -0.496 e. The number of esters is 1. The second-order valence-corrected chi connectivity index (χ2v) is 22.0. The van der Waals surface area contributed by atoms with Crippen molar-refractivity contribution in [2.75, 3.05) is 20.8 Å². The average Bonchev–Trinajstić information content (AvgIpc) is 4.04. The molecule has 13 heteroatoms. The van der Waals surface area contributed by atoms with Crippen LogP contribution in [0.2, 0.25) is 0 Å². The third kappa shape index (κ3) is 9.34. The molecule has 0 radical (unpaired) electrons. The van der Waals surface area contributed by atoms with Crippen LogP contribution in [0.5, 0.6) is 23.0 Å². The summed E-state index contributed by atoms with van der Waals surface area (Å²) in [6.07, 6.45) is -0.0553. The quantitative estimate of drug-likeness (QED) is 0.0901. The number of ether oxygens (including phenoxy) is 5. The van der Waals surface area contributed by atoms with Crippen molar-refractivity contribution in [2.24, 2.45) is 0 Å². The van der Waals surface area contributed by atoms with E-state index in [1.165, 1.54) is 47.3 Å². The Morgan fingerprint density at radius 2 is 0.939 bits per heavy atom. The van der Waals surface area contributed by atoms with Crippen molar-refractivity contribution in [1.82, 2.24) is 0 Å². The van der Waals surface area contributed by atoms with E-state index in [0.717, 1.165) is 68.4 Å². The van der Waals surface area contributed by atoms with Gasteiger partial charge in [-0.15, -0.1) is 56.7 Å². The molecule has 0 aliphatic heterocycles. The maximum atomic E-state index is 13.1. The smallest absolute Gasteiger partial charge is 0.310 e. The number of aliphatic carboxylic acids is 1. The van der Waals surface area contributed by atoms with Crippen molar-refractivity contribution in [3.63, 3.8) is 0 Å². The van der Waals surface area contributed by atoms with Gasteiger partial charge in [0.15, 0.2) is 0 Å². The second kappa shape index (κ2) is 20.1. The van der Waals surface area contributed by atoms with E-state index in [2.05, 4.69) is 47.6 Å². The first kappa shape index (κ1) is 49.0. The Morgan fingerprint density at radius 1 is 0.530 bits per heavy atom. The lowest BCUT2D eigenvalue weighted by Crippen LogP contribution is -2.07. The van der Waals surface area contributed by atoms with Gasteiger partial charge in [-0.2, -0.15) is 0 Å². The lowest BCUT2D eigenvalue weighted by molar-refractivity contribution is -0.142. The number of methoxy groups -OCH3 is 2. The molecule has 1 N–H and O–H groups in total. The highest BCUT2D eigenvalue weighted by Gasteiger charge is 2.30. The summed E-state index contributed by atoms with van der Waals surface area (Å²) in [5.41, 5.74) is 11.5. The van der Waals surface area contributed by atoms with Gasteiger partial charge >= 0.3 is 11.9 Å². The minimum atomic E-state index is -0.875. The van der Waals surface area contributed by atoms with Crippen LogP contribution >= 0.6 is 56.7 Å². The van der Waals surface area contributed by atoms with E-state index >= 15 is 0 Å². The number of hydrogen-bond acceptors (Lipinski definition) is 12. The summed E-state index contributed by atoms with van der Waals surface area (Å²) in [5, 5.41) is 10.2. The number of hydrogen-bond donors (Lipinski definition) is 1. The molecule has 0 bridgehead atoms. The SMILES string of the molecule is CCOC(=O)Cc1cc(-c2c(OC)cccc2OC(C)C)sc1-c1sc(-c2sc(-c3sc(-c4sc(-c5c(OC)cccc5OC(C)C)c(C)c4CC(=O)O)c(C)c3C)c(C)c2C)c(C)c1C. The summed E-state index contributed by atoms with van der Waals surface area (Å²) in [6, 6.07) is 13.7. The number of carboxylic acids is 1. The van der Waals surface area contributed by atoms with Crippen molar-refractivity contribution in [1.29, 1.82) is 0 Å². The van der Waals surface area contributed by atoms with Gasteiger partial charge in [-0.1, -0.05) is 12.1 Å². The molecule has 348 valence electrons. The molecular weight excluding hydrogens is 925 g/mol. The number of carbonyl (C=O) groups is 2. The molecule has 0 aliphatic carbocycles. The molecule has 0 amide bonds. The maximum Gasteiger partial charge on any atom is 0.310 e. The van der Waals surface area contributed by atoms with Crippen molar-refractivity contribution in [3.8, 4) is 82.9 Å². The number of benzene rings is 2. The third-order valence-corrected chi connectivity index (χ3v) is 19.2. The molecule has 0 fully saturated rings. The summed E-state index contributed by atoms with van der Waals surface area (Å²) in [7, 11) is 3.32. The van der Waals surface area contributed by atoms with Crippen LogP contribution in [-0.2, 0) is 27.2 Å². The third-order valence-electron chi connectivity index (χ3n) is 11.8. The van der Waals surface area contributed by atoms with Gasteiger partial charge in [0.25, 0.3) is 0 Å². The molecule has 0 unspecified atom stereocenters. The van der Waals surface area contributed by atoms with E-state index in [-0.39, 0.29) is 31.0 Å². The molecule has 5 aromatic heterocycles. The maximum absolute atomic E-state index is 13.1. The predicted molar refractivity (Wildman–Crippen MR) is 278 cm³/mol. The van der Waals surface area contributed by atoms with E-state index in [0.29, 0.717) is 23.9 Å². The Bertz CT molecular complexity index is 2950. The van der Waals surface area contributed by atoms with E-state index in [4.69, 9.17) is 23.7 Å². The first-order chi connectivity index (χ1) is 31.4. The van der Waals surface area contributed by atoms with E-state index < -0.39 is 5.97 Å². The fraction of sp³-hybridized carbons (Fsp3) is 0.358. The first-order valence-electron chi connectivity index (χ1n) is 22.0. The average molecular weight is 983 g/mol. The molecule has 7 rings (SSSR count). The summed E-state index contributed by atoms with van der Waals surface area (Å²) in [4.78, 5) is 36.6. The number of carbonyl (C=O) groups excluding carboxylic acids is 1. The highest BCUT2D eigenvalue weighted by Crippen LogP contribution is 2.56. The Labute approximate surface area is 408 Å². The van der Waals surface area contributed by atoms with Crippen LogP contribution < -0.4 is 18.9 Å². The largest absolute Gasteiger partial charge is 0.496 e. The van der Waals surface area contributed by atoms with E-state index in [1.54, 1.807) is 59.6 Å². The molecule has 7 aromatic rings. The van der Waals surface area contributed by atoms with Gasteiger partial charge in [0, 0.05) is 48.8 Å². The van der Waals surface area contributed by atoms with Crippen molar-refractivity contribution >= 4 is 68.6 Å². The second-order valence-electron chi connectivity index (χ2n) is 16.9. The van der Waals surface area contributed by atoms with Crippen LogP contribution in [0.15, 0.2) is 42.5 Å². The molecule has 2 aromatic carbocycles. The first-order valence-corrected chi connectivity index (χ1v) is 26.1. The van der Waals surface area contributed by atoms with Gasteiger partial charge in [0.05, 0.1) is 57.0 Å². The molecule has 0 spiro atoms. The fourth-order valence-electron chi connectivity index (χ4n) is 8.20. The van der Waals surface area contributed by atoms with Crippen molar-refractivity contribution in [2.45, 2.75) is 108 Å². The van der Waals surface area contributed by atoms with Gasteiger partial charge < -0.3 is 28.8 Å². The Morgan fingerprint density at radius 3 is 1.38 bits per heavy atom. The minimum absolute atomic E-state index is 0.0419. The summed E-state index contributed by atoms with van der Waals surface area (Å²) in [5.74, 6) is 1.68. The van der Waals surface area contributed by atoms with Crippen LogP contribution in [0.25, 0.3) is 59.9 Å². The number of rotatable bonds is 17. The monoisotopic (exact) mass is 982 g/mol. The normalized spacial score (nSPS) is 11.5. The van der Waals surface area contributed by atoms with Crippen LogP contribution in [0.1, 0.15) is 84.7 Å².